The van der Waals surface area contributed by atoms with Crippen molar-refractivity contribution in [2.75, 3.05) is 27.8 Å². The molecule has 1 N–H and O–H groups in total. The molecule has 142 valence electrons. The smallest absolute Gasteiger partial charge is 0.193 e. The molecule has 26 heavy (non-hydrogen) atoms. The average molecular weight is 422 g/mol. The normalized spacial score (nSPS) is 11.7. The first-order valence-electron chi connectivity index (χ1n) is 8.65. The number of hydrogen-bond donors (Lipinski definition) is 1. The van der Waals surface area contributed by atoms with Crippen molar-refractivity contribution < 1.29 is 4.74 Å². The zero-order chi connectivity index (χ0) is 19.1. The first-order chi connectivity index (χ1) is 12.5. The molecule has 2 rings (SSSR count). The summed E-state index contributed by atoms with van der Waals surface area (Å²) in [7, 11) is 5.55. The van der Waals surface area contributed by atoms with Crippen LogP contribution in [-0.4, -0.2) is 48.5 Å². The van der Waals surface area contributed by atoms with E-state index in [1.165, 1.54) is 11.1 Å². The van der Waals surface area contributed by atoms with Gasteiger partial charge < -0.3 is 15.0 Å². The van der Waals surface area contributed by atoms with Gasteiger partial charge >= 0.3 is 0 Å². The Balaban J connectivity index is 2.03. The summed E-state index contributed by atoms with van der Waals surface area (Å²) in [5.74, 6) is 0.851. The fourth-order valence-corrected chi connectivity index (χ4v) is 3.30. The summed E-state index contributed by atoms with van der Waals surface area (Å²) in [5, 5.41) is 8.06. The average Bonchev–Trinajstić information content (AvgIpc) is 2.89. The summed E-state index contributed by atoms with van der Waals surface area (Å²) >= 11 is 3.61. The van der Waals surface area contributed by atoms with E-state index in [2.05, 4.69) is 55.3 Å². The molecule has 6 nitrogen and oxygen atoms in total. The van der Waals surface area contributed by atoms with E-state index in [-0.39, 0.29) is 0 Å². The lowest BCUT2D eigenvalue weighted by Crippen LogP contribution is -2.38. The third kappa shape index (κ3) is 5.08. The molecule has 0 atom stereocenters. The van der Waals surface area contributed by atoms with Gasteiger partial charge in [-0.1, -0.05) is 34.1 Å². The summed E-state index contributed by atoms with van der Waals surface area (Å²) in [5.41, 5.74) is 4.63. The molecule has 0 amide bonds. The number of rotatable bonds is 7. The number of aryl methyl sites for hydroxylation is 1. The number of aromatic nitrogens is 2. The van der Waals surface area contributed by atoms with Gasteiger partial charge in [-0.15, -0.1) is 0 Å². The van der Waals surface area contributed by atoms with Gasteiger partial charge in [0.25, 0.3) is 0 Å². The molecule has 0 aliphatic carbocycles. The lowest BCUT2D eigenvalue weighted by Gasteiger charge is -2.23. The maximum absolute atomic E-state index is 5.16. The van der Waals surface area contributed by atoms with E-state index < -0.39 is 0 Å². The molecule has 0 aliphatic heterocycles. The van der Waals surface area contributed by atoms with Crippen LogP contribution in [0.25, 0.3) is 0 Å². The number of halogens is 1. The van der Waals surface area contributed by atoms with Crippen LogP contribution in [0.1, 0.15) is 22.5 Å². The Labute approximate surface area is 164 Å². The fraction of sp³-hybridized carbons (Fsp3) is 0.474. The van der Waals surface area contributed by atoms with Gasteiger partial charge in [-0.05, 0) is 25.5 Å². The number of ether oxygens (including phenoxy) is 1. The SMILES string of the molecule is CN=C(NCc1c(C)nn(CCOC)c1C)N(C)Cc1ccccc1Br. The molecule has 0 aliphatic rings. The lowest BCUT2D eigenvalue weighted by atomic mass is 10.2. The number of benzene rings is 1. The van der Waals surface area contributed by atoms with Crippen LogP contribution in [0.4, 0.5) is 0 Å². The van der Waals surface area contributed by atoms with Crippen LogP contribution in [0, 0.1) is 13.8 Å². The second kappa shape index (κ2) is 9.73. The highest BCUT2D eigenvalue weighted by atomic mass is 79.9. The Morgan fingerprint density at radius 1 is 1.35 bits per heavy atom. The molecule has 0 bridgehead atoms. The van der Waals surface area contributed by atoms with Gasteiger partial charge in [0.1, 0.15) is 0 Å². The second-order valence-electron chi connectivity index (χ2n) is 6.21. The minimum Gasteiger partial charge on any atom is -0.383 e. The molecule has 0 fully saturated rings. The van der Waals surface area contributed by atoms with E-state index in [0.29, 0.717) is 13.2 Å². The first kappa shape index (κ1) is 20.5. The fourth-order valence-electron chi connectivity index (χ4n) is 2.89. The van der Waals surface area contributed by atoms with Gasteiger partial charge in [0, 0.05) is 50.0 Å². The molecule has 0 unspecified atom stereocenters. The number of hydrogen-bond acceptors (Lipinski definition) is 3. The first-order valence-corrected chi connectivity index (χ1v) is 9.44. The van der Waals surface area contributed by atoms with E-state index in [1.807, 2.05) is 30.8 Å². The standard InChI is InChI=1S/C19H28BrN5O/c1-14-17(15(2)25(23-14)10-11-26-5)12-22-19(21-3)24(4)13-16-8-6-7-9-18(16)20/h6-9H,10-13H2,1-5H3,(H,21,22). The summed E-state index contributed by atoms with van der Waals surface area (Å²) in [6.45, 7) is 7.02. The third-order valence-electron chi connectivity index (χ3n) is 4.40. The molecule has 0 spiro atoms. The number of nitrogens with zero attached hydrogens (tertiary/aromatic N) is 4. The van der Waals surface area contributed by atoms with Crippen molar-refractivity contribution in [3.63, 3.8) is 0 Å². The molecular weight excluding hydrogens is 394 g/mol. The molecule has 0 saturated carbocycles. The zero-order valence-corrected chi connectivity index (χ0v) is 17.8. The minimum atomic E-state index is 0.658. The second-order valence-corrected chi connectivity index (χ2v) is 7.07. The lowest BCUT2D eigenvalue weighted by molar-refractivity contribution is 0.182. The molecular formula is C19H28BrN5O. The number of guanidine groups is 1. The van der Waals surface area contributed by atoms with E-state index in [1.54, 1.807) is 14.2 Å². The highest BCUT2D eigenvalue weighted by molar-refractivity contribution is 9.10. The Morgan fingerprint density at radius 2 is 2.08 bits per heavy atom. The predicted molar refractivity (Wildman–Crippen MR) is 109 cm³/mol. The van der Waals surface area contributed by atoms with Crippen LogP contribution >= 0.6 is 15.9 Å². The van der Waals surface area contributed by atoms with Gasteiger partial charge in [-0.2, -0.15) is 5.10 Å². The maximum Gasteiger partial charge on any atom is 0.193 e. The van der Waals surface area contributed by atoms with Crippen molar-refractivity contribution >= 4 is 21.9 Å². The van der Waals surface area contributed by atoms with Crippen molar-refractivity contribution in [3.8, 4) is 0 Å². The van der Waals surface area contributed by atoms with Crippen LogP contribution in [0.3, 0.4) is 0 Å². The third-order valence-corrected chi connectivity index (χ3v) is 5.17. The Kier molecular flexibility index (Phi) is 7.66. The molecule has 0 saturated heterocycles. The van der Waals surface area contributed by atoms with Gasteiger partial charge in [0.15, 0.2) is 5.96 Å². The number of aliphatic imine (C=N–C) groups is 1. The molecule has 0 radical (unpaired) electrons. The molecule has 1 heterocycles. The maximum atomic E-state index is 5.16. The highest BCUT2D eigenvalue weighted by Gasteiger charge is 2.14. The summed E-state index contributed by atoms with van der Waals surface area (Å²) in [6, 6.07) is 8.24. The molecule has 7 heteroatoms. The van der Waals surface area contributed by atoms with Crippen molar-refractivity contribution in [2.45, 2.75) is 33.5 Å². The molecule has 2 aromatic rings. The van der Waals surface area contributed by atoms with E-state index in [4.69, 9.17) is 4.74 Å². The van der Waals surface area contributed by atoms with Crippen LogP contribution < -0.4 is 5.32 Å². The Bertz CT molecular complexity index is 756. The Hall–Kier alpha value is -1.86. The van der Waals surface area contributed by atoms with Crippen molar-refractivity contribution in [1.82, 2.24) is 20.0 Å². The summed E-state index contributed by atoms with van der Waals surface area (Å²) < 4.78 is 8.27. The van der Waals surface area contributed by atoms with Crippen LogP contribution in [0.5, 0.6) is 0 Å². The highest BCUT2D eigenvalue weighted by Crippen LogP contribution is 2.17. The van der Waals surface area contributed by atoms with E-state index >= 15 is 0 Å². The molecule has 1 aromatic carbocycles. The quantitative estimate of drug-likeness (QED) is 0.551. The van der Waals surface area contributed by atoms with Crippen LogP contribution in [0.15, 0.2) is 33.7 Å². The van der Waals surface area contributed by atoms with Gasteiger partial charge in [-0.3, -0.25) is 9.67 Å². The monoisotopic (exact) mass is 421 g/mol. The topological polar surface area (TPSA) is 54.7 Å². The largest absolute Gasteiger partial charge is 0.383 e. The Morgan fingerprint density at radius 3 is 2.73 bits per heavy atom. The van der Waals surface area contributed by atoms with Crippen molar-refractivity contribution in [3.05, 3.63) is 51.3 Å². The van der Waals surface area contributed by atoms with Crippen LogP contribution in [-0.2, 0) is 24.4 Å². The van der Waals surface area contributed by atoms with Crippen molar-refractivity contribution in [1.29, 1.82) is 0 Å². The zero-order valence-electron chi connectivity index (χ0n) is 16.2. The van der Waals surface area contributed by atoms with Gasteiger partial charge in [0.05, 0.1) is 18.8 Å². The molecule has 1 aromatic heterocycles. The summed E-state index contributed by atoms with van der Waals surface area (Å²) in [4.78, 5) is 6.52. The summed E-state index contributed by atoms with van der Waals surface area (Å²) in [6.07, 6.45) is 0. The van der Waals surface area contributed by atoms with Crippen LogP contribution in [0.2, 0.25) is 0 Å². The minimum absolute atomic E-state index is 0.658. The van der Waals surface area contributed by atoms with E-state index in [0.717, 1.165) is 34.9 Å². The number of methoxy groups -OCH3 is 1. The van der Waals surface area contributed by atoms with Gasteiger partial charge in [-0.25, -0.2) is 0 Å². The van der Waals surface area contributed by atoms with Gasteiger partial charge in [0.2, 0.25) is 0 Å². The van der Waals surface area contributed by atoms with Crippen molar-refractivity contribution in [2.24, 2.45) is 4.99 Å². The predicted octanol–water partition coefficient (Wildman–Crippen LogP) is 3.12. The van der Waals surface area contributed by atoms with E-state index in [9.17, 15) is 0 Å². The number of nitrogens with one attached hydrogen (secondary N) is 1.